The number of fused-ring (bicyclic) bond motifs is 1. The number of rotatable bonds is 1. The van der Waals surface area contributed by atoms with Gasteiger partial charge in [-0.2, -0.15) is 0 Å². The molecule has 18 heavy (non-hydrogen) atoms. The highest BCUT2D eigenvalue weighted by Gasteiger charge is 2.08. The minimum absolute atomic E-state index is 0.701. The number of nitrogens with two attached hydrogens (primary N) is 1. The number of nitrogen functional groups attached to an aromatic ring is 1. The van der Waals surface area contributed by atoms with Gasteiger partial charge in [-0.1, -0.05) is 12.1 Å². The summed E-state index contributed by atoms with van der Waals surface area (Å²) >= 11 is 0. The largest absolute Gasteiger partial charge is 0.398 e. The Morgan fingerprint density at radius 2 is 1.83 bits per heavy atom. The van der Waals surface area contributed by atoms with Crippen LogP contribution in [-0.2, 0) is 0 Å². The summed E-state index contributed by atoms with van der Waals surface area (Å²) in [6.07, 6.45) is 1.85. The fourth-order valence-corrected chi connectivity index (χ4v) is 1.98. The van der Waals surface area contributed by atoms with Crippen molar-refractivity contribution in [1.82, 2.24) is 14.6 Å². The standard InChI is InChI=1S/C14H14N4/c1-9-3-4-11(7-10(9)2)14-17-16-13-6-5-12(15)8-18(13)14/h3-8H,15H2,1-2H3. The van der Waals surface area contributed by atoms with Gasteiger partial charge >= 0.3 is 0 Å². The molecule has 4 nitrogen and oxygen atoms in total. The van der Waals surface area contributed by atoms with E-state index >= 15 is 0 Å². The molecule has 3 aromatic rings. The van der Waals surface area contributed by atoms with Gasteiger partial charge in [0.15, 0.2) is 11.5 Å². The first kappa shape index (κ1) is 10.8. The number of benzene rings is 1. The number of aryl methyl sites for hydroxylation is 2. The van der Waals surface area contributed by atoms with Crippen molar-refractivity contribution in [1.29, 1.82) is 0 Å². The molecule has 0 atom stereocenters. The minimum Gasteiger partial charge on any atom is -0.398 e. The van der Waals surface area contributed by atoms with E-state index in [0.29, 0.717) is 5.69 Å². The molecule has 0 aliphatic rings. The van der Waals surface area contributed by atoms with Gasteiger partial charge in [0, 0.05) is 17.4 Å². The molecule has 0 fully saturated rings. The third-order valence-corrected chi connectivity index (χ3v) is 3.19. The van der Waals surface area contributed by atoms with E-state index in [1.54, 1.807) is 0 Å². The molecule has 0 bridgehead atoms. The van der Waals surface area contributed by atoms with Crippen molar-refractivity contribution >= 4 is 11.3 Å². The average Bonchev–Trinajstić information content (AvgIpc) is 2.75. The summed E-state index contributed by atoms with van der Waals surface area (Å²) in [6.45, 7) is 4.19. The van der Waals surface area contributed by atoms with Crippen LogP contribution >= 0.6 is 0 Å². The molecule has 1 aromatic carbocycles. The fraction of sp³-hybridized carbons (Fsp3) is 0.143. The van der Waals surface area contributed by atoms with Gasteiger partial charge in [0.1, 0.15) is 0 Å². The van der Waals surface area contributed by atoms with E-state index in [4.69, 9.17) is 5.73 Å². The molecule has 90 valence electrons. The first-order valence-electron chi connectivity index (χ1n) is 5.83. The van der Waals surface area contributed by atoms with Crippen LogP contribution in [0.15, 0.2) is 36.5 Å². The lowest BCUT2D eigenvalue weighted by atomic mass is 10.1. The van der Waals surface area contributed by atoms with E-state index in [-0.39, 0.29) is 0 Å². The topological polar surface area (TPSA) is 56.2 Å². The number of hydrogen-bond donors (Lipinski definition) is 1. The fourth-order valence-electron chi connectivity index (χ4n) is 1.98. The molecule has 0 radical (unpaired) electrons. The zero-order valence-corrected chi connectivity index (χ0v) is 10.4. The smallest absolute Gasteiger partial charge is 0.168 e. The van der Waals surface area contributed by atoms with Crippen molar-refractivity contribution in [3.05, 3.63) is 47.7 Å². The Balaban J connectivity index is 2.24. The van der Waals surface area contributed by atoms with E-state index in [2.05, 4.69) is 42.2 Å². The van der Waals surface area contributed by atoms with Crippen LogP contribution in [0.3, 0.4) is 0 Å². The Morgan fingerprint density at radius 1 is 1.00 bits per heavy atom. The summed E-state index contributed by atoms with van der Waals surface area (Å²) in [6, 6.07) is 9.97. The molecule has 3 rings (SSSR count). The van der Waals surface area contributed by atoms with Gasteiger partial charge in [0.05, 0.1) is 0 Å². The number of pyridine rings is 1. The van der Waals surface area contributed by atoms with Gasteiger partial charge < -0.3 is 5.73 Å². The Labute approximate surface area is 105 Å². The SMILES string of the molecule is Cc1ccc(-c2nnc3ccc(N)cn23)cc1C. The van der Waals surface area contributed by atoms with E-state index in [1.807, 2.05) is 22.7 Å². The lowest BCUT2D eigenvalue weighted by molar-refractivity contribution is 1.11. The van der Waals surface area contributed by atoms with Crippen LogP contribution in [0.5, 0.6) is 0 Å². The maximum atomic E-state index is 5.81. The van der Waals surface area contributed by atoms with Gasteiger partial charge in [0.25, 0.3) is 0 Å². The van der Waals surface area contributed by atoms with Crippen LogP contribution in [0.25, 0.3) is 17.0 Å². The first-order chi connectivity index (χ1) is 8.65. The van der Waals surface area contributed by atoms with Crippen LogP contribution in [0.4, 0.5) is 5.69 Å². The lowest BCUT2D eigenvalue weighted by Crippen LogP contribution is -1.93. The molecule has 2 heterocycles. The molecule has 2 aromatic heterocycles. The van der Waals surface area contributed by atoms with Gasteiger partial charge in [0.2, 0.25) is 0 Å². The van der Waals surface area contributed by atoms with Crippen LogP contribution in [0.2, 0.25) is 0 Å². The van der Waals surface area contributed by atoms with Crippen molar-refractivity contribution in [2.45, 2.75) is 13.8 Å². The van der Waals surface area contributed by atoms with Crippen LogP contribution < -0.4 is 5.73 Å². The quantitative estimate of drug-likeness (QED) is 0.709. The zero-order valence-electron chi connectivity index (χ0n) is 10.4. The highest BCUT2D eigenvalue weighted by atomic mass is 15.2. The normalized spacial score (nSPS) is 11.0. The monoisotopic (exact) mass is 238 g/mol. The van der Waals surface area contributed by atoms with E-state index in [1.165, 1.54) is 11.1 Å². The second kappa shape index (κ2) is 3.84. The van der Waals surface area contributed by atoms with E-state index in [9.17, 15) is 0 Å². The molecule has 0 aliphatic heterocycles. The van der Waals surface area contributed by atoms with Crippen molar-refractivity contribution in [2.24, 2.45) is 0 Å². The maximum absolute atomic E-state index is 5.81. The molecule has 0 aliphatic carbocycles. The predicted molar refractivity (Wildman–Crippen MR) is 72.3 cm³/mol. The number of hydrogen-bond acceptors (Lipinski definition) is 3. The molecular formula is C14H14N4. The maximum Gasteiger partial charge on any atom is 0.168 e. The van der Waals surface area contributed by atoms with Crippen molar-refractivity contribution < 1.29 is 0 Å². The van der Waals surface area contributed by atoms with E-state index in [0.717, 1.165) is 17.0 Å². The summed E-state index contributed by atoms with van der Waals surface area (Å²) in [7, 11) is 0. The number of aromatic nitrogens is 3. The Hall–Kier alpha value is -2.36. The third kappa shape index (κ3) is 1.62. The Morgan fingerprint density at radius 3 is 2.61 bits per heavy atom. The zero-order chi connectivity index (χ0) is 12.7. The molecule has 4 heteroatoms. The van der Waals surface area contributed by atoms with Gasteiger partial charge in [-0.15, -0.1) is 10.2 Å². The third-order valence-electron chi connectivity index (χ3n) is 3.19. The molecule has 0 saturated carbocycles. The summed E-state index contributed by atoms with van der Waals surface area (Å²) in [5.41, 5.74) is 10.9. The second-order valence-corrected chi connectivity index (χ2v) is 4.51. The Kier molecular flexibility index (Phi) is 2.30. The first-order valence-corrected chi connectivity index (χ1v) is 5.83. The number of anilines is 1. The highest BCUT2D eigenvalue weighted by molar-refractivity contribution is 5.62. The Bertz CT molecular complexity index is 728. The van der Waals surface area contributed by atoms with Gasteiger partial charge in [-0.25, -0.2) is 0 Å². The van der Waals surface area contributed by atoms with Crippen LogP contribution in [0.1, 0.15) is 11.1 Å². The second-order valence-electron chi connectivity index (χ2n) is 4.51. The molecular weight excluding hydrogens is 224 g/mol. The van der Waals surface area contributed by atoms with Crippen molar-refractivity contribution in [2.75, 3.05) is 5.73 Å². The molecule has 0 saturated heterocycles. The highest BCUT2D eigenvalue weighted by Crippen LogP contribution is 2.21. The minimum atomic E-state index is 0.701. The summed E-state index contributed by atoms with van der Waals surface area (Å²) in [5, 5.41) is 8.38. The predicted octanol–water partition coefficient (Wildman–Crippen LogP) is 2.60. The molecule has 2 N–H and O–H groups in total. The number of nitrogens with zero attached hydrogens (tertiary/aromatic N) is 3. The van der Waals surface area contributed by atoms with Crippen LogP contribution in [0, 0.1) is 13.8 Å². The summed E-state index contributed by atoms with van der Waals surface area (Å²) < 4.78 is 1.92. The summed E-state index contributed by atoms with van der Waals surface area (Å²) in [4.78, 5) is 0. The van der Waals surface area contributed by atoms with E-state index < -0.39 is 0 Å². The van der Waals surface area contributed by atoms with Crippen LogP contribution in [-0.4, -0.2) is 14.6 Å². The lowest BCUT2D eigenvalue weighted by Gasteiger charge is -2.04. The van der Waals surface area contributed by atoms with Gasteiger partial charge in [-0.05, 0) is 43.2 Å². The van der Waals surface area contributed by atoms with Gasteiger partial charge in [-0.3, -0.25) is 4.40 Å². The molecule has 0 unspecified atom stereocenters. The van der Waals surface area contributed by atoms with Crippen molar-refractivity contribution in [3.63, 3.8) is 0 Å². The van der Waals surface area contributed by atoms with Crippen molar-refractivity contribution in [3.8, 4) is 11.4 Å². The summed E-state index contributed by atoms with van der Waals surface area (Å²) in [5.74, 6) is 0.820. The molecule has 0 amide bonds. The molecule has 0 spiro atoms. The average molecular weight is 238 g/mol.